The van der Waals surface area contributed by atoms with Crippen molar-refractivity contribution in [3.8, 4) is 0 Å². The molecule has 0 aliphatic carbocycles. The zero-order valence-electron chi connectivity index (χ0n) is 7.99. The summed E-state index contributed by atoms with van der Waals surface area (Å²) in [7, 11) is -3.22. The number of benzene rings is 1. The molecular weight excluding hydrogens is 222 g/mol. The second kappa shape index (κ2) is 3.88. The molecule has 1 aromatic carbocycles. The van der Waals surface area contributed by atoms with Gasteiger partial charge in [-0.05, 0) is 30.7 Å². The van der Waals surface area contributed by atoms with Crippen molar-refractivity contribution < 1.29 is 8.42 Å². The first-order valence-electron chi connectivity index (χ1n) is 4.07. The molecule has 0 bridgehead atoms. The van der Waals surface area contributed by atoms with Crippen LogP contribution in [0.25, 0.3) is 0 Å². The van der Waals surface area contributed by atoms with Gasteiger partial charge in [0.05, 0.1) is 4.90 Å². The van der Waals surface area contributed by atoms with E-state index >= 15 is 0 Å². The van der Waals surface area contributed by atoms with Crippen LogP contribution < -0.4 is 5.73 Å². The first-order valence-corrected chi connectivity index (χ1v) is 6.34. The third-order valence-corrected chi connectivity index (χ3v) is 3.16. The molecule has 0 aliphatic rings. The highest BCUT2D eigenvalue weighted by molar-refractivity contribution is 7.90. The van der Waals surface area contributed by atoms with Crippen LogP contribution >= 0.6 is 11.6 Å². The lowest BCUT2D eigenvalue weighted by Gasteiger charge is -2.08. The highest BCUT2D eigenvalue weighted by atomic mass is 35.5. The lowest BCUT2D eigenvalue weighted by atomic mass is 10.1. The molecule has 0 radical (unpaired) electrons. The molecule has 0 aromatic heterocycles. The van der Waals surface area contributed by atoms with Gasteiger partial charge in [-0.2, -0.15) is 0 Å². The van der Waals surface area contributed by atoms with E-state index in [0.717, 1.165) is 11.8 Å². The molecule has 1 atom stereocenters. The zero-order valence-corrected chi connectivity index (χ0v) is 9.56. The molecule has 0 aliphatic heterocycles. The number of rotatable bonds is 2. The van der Waals surface area contributed by atoms with Gasteiger partial charge in [0.1, 0.15) is 0 Å². The predicted octanol–water partition coefficient (Wildman–Crippen LogP) is 1.76. The maximum absolute atomic E-state index is 11.3. The van der Waals surface area contributed by atoms with Crippen molar-refractivity contribution in [1.82, 2.24) is 0 Å². The number of halogens is 1. The Kier molecular flexibility index (Phi) is 3.19. The molecule has 0 saturated heterocycles. The van der Waals surface area contributed by atoms with Crippen LogP contribution in [0, 0.1) is 0 Å². The summed E-state index contributed by atoms with van der Waals surface area (Å²) in [5.74, 6) is 0. The van der Waals surface area contributed by atoms with Gasteiger partial charge in [-0.25, -0.2) is 8.42 Å². The third kappa shape index (κ3) is 2.70. The van der Waals surface area contributed by atoms with E-state index in [0.29, 0.717) is 5.02 Å². The fraction of sp³-hybridized carbons (Fsp3) is 0.333. The average Bonchev–Trinajstić information content (AvgIpc) is 2.01. The zero-order chi connectivity index (χ0) is 10.9. The van der Waals surface area contributed by atoms with Crippen LogP contribution in [-0.2, 0) is 9.84 Å². The maximum Gasteiger partial charge on any atom is 0.175 e. The topological polar surface area (TPSA) is 60.2 Å². The molecule has 5 heteroatoms. The highest BCUT2D eigenvalue weighted by Crippen LogP contribution is 2.22. The van der Waals surface area contributed by atoms with Crippen molar-refractivity contribution >= 4 is 21.4 Å². The lowest BCUT2D eigenvalue weighted by Crippen LogP contribution is -2.06. The largest absolute Gasteiger partial charge is 0.324 e. The van der Waals surface area contributed by atoms with Gasteiger partial charge < -0.3 is 5.73 Å². The summed E-state index contributed by atoms with van der Waals surface area (Å²) in [6, 6.07) is 4.41. The van der Waals surface area contributed by atoms with Crippen molar-refractivity contribution in [2.24, 2.45) is 5.73 Å². The smallest absolute Gasteiger partial charge is 0.175 e. The van der Waals surface area contributed by atoms with Gasteiger partial charge >= 0.3 is 0 Å². The lowest BCUT2D eigenvalue weighted by molar-refractivity contribution is 0.601. The van der Waals surface area contributed by atoms with Crippen molar-refractivity contribution in [1.29, 1.82) is 0 Å². The number of sulfone groups is 1. The van der Waals surface area contributed by atoms with Crippen LogP contribution in [0.4, 0.5) is 0 Å². The van der Waals surface area contributed by atoms with Crippen LogP contribution in [0.3, 0.4) is 0 Å². The van der Waals surface area contributed by atoms with Gasteiger partial charge in [-0.1, -0.05) is 11.6 Å². The molecule has 1 aromatic rings. The quantitative estimate of drug-likeness (QED) is 0.847. The minimum absolute atomic E-state index is 0.206. The fourth-order valence-electron chi connectivity index (χ4n) is 1.06. The van der Waals surface area contributed by atoms with Crippen LogP contribution in [0.2, 0.25) is 5.02 Å². The Hall–Kier alpha value is -0.580. The second-order valence-electron chi connectivity index (χ2n) is 3.28. The Morgan fingerprint density at radius 1 is 1.36 bits per heavy atom. The van der Waals surface area contributed by atoms with Gasteiger partial charge in [0, 0.05) is 17.3 Å². The monoisotopic (exact) mass is 233 g/mol. The standard InChI is InChI=1S/C9H12ClNO2S/c1-6(11)7-3-8(10)5-9(4-7)14(2,12)13/h3-6H,11H2,1-2H3. The molecule has 0 heterocycles. The van der Waals surface area contributed by atoms with E-state index in [1.165, 1.54) is 6.07 Å². The number of hydrogen-bond donors (Lipinski definition) is 1. The Balaban J connectivity index is 3.35. The summed E-state index contributed by atoms with van der Waals surface area (Å²) < 4.78 is 22.5. The van der Waals surface area contributed by atoms with E-state index in [4.69, 9.17) is 17.3 Å². The van der Waals surface area contributed by atoms with E-state index in [2.05, 4.69) is 0 Å². The predicted molar refractivity (Wildman–Crippen MR) is 57.2 cm³/mol. The molecule has 0 spiro atoms. The van der Waals surface area contributed by atoms with Crippen LogP contribution in [0.5, 0.6) is 0 Å². The van der Waals surface area contributed by atoms with Crippen LogP contribution in [0.15, 0.2) is 23.1 Å². The van der Waals surface area contributed by atoms with E-state index in [1.807, 2.05) is 0 Å². The summed E-state index contributed by atoms with van der Waals surface area (Å²) in [6.45, 7) is 1.78. The van der Waals surface area contributed by atoms with Crippen molar-refractivity contribution in [2.75, 3.05) is 6.26 Å². The summed E-state index contributed by atoms with van der Waals surface area (Å²) in [5, 5.41) is 0.389. The normalized spacial score (nSPS) is 14.0. The van der Waals surface area contributed by atoms with Gasteiger partial charge in [-0.3, -0.25) is 0 Å². The van der Waals surface area contributed by atoms with Crippen LogP contribution in [0.1, 0.15) is 18.5 Å². The minimum Gasteiger partial charge on any atom is -0.324 e. The van der Waals surface area contributed by atoms with Gasteiger partial charge in [0.2, 0.25) is 0 Å². The van der Waals surface area contributed by atoms with Gasteiger partial charge in [0.25, 0.3) is 0 Å². The molecule has 14 heavy (non-hydrogen) atoms. The molecule has 78 valence electrons. The Labute approximate surface area is 88.8 Å². The van der Waals surface area contributed by atoms with E-state index in [9.17, 15) is 8.42 Å². The molecule has 0 amide bonds. The molecule has 1 unspecified atom stereocenters. The van der Waals surface area contributed by atoms with Crippen LogP contribution in [-0.4, -0.2) is 14.7 Å². The highest BCUT2D eigenvalue weighted by Gasteiger charge is 2.11. The van der Waals surface area contributed by atoms with Crippen molar-refractivity contribution in [2.45, 2.75) is 17.9 Å². The number of hydrogen-bond acceptors (Lipinski definition) is 3. The average molecular weight is 234 g/mol. The molecule has 1 rings (SSSR count). The fourth-order valence-corrected chi connectivity index (χ4v) is 2.06. The molecule has 2 N–H and O–H groups in total. The maximum atomic E-state index is 11.3. The second-order valence-corrected chi connectivity index (χ2v) is 5.73. The molecular formula is C9H12ClNO2S. The van der Waals surface area contributed by atoms with Gasteiger partial charge in [-0.15, -0.1) is 0 Å². The Bertz CT molecular complexity index is 440. The first kappa shape index (κ1) is 11.5. The summed E-state index contributed by atoms with van der Waals surface area (Å²) in [6.07, 6.45) is 1.14. The van der Waals surface area contributed by atoms with E-state index < -0.39 is 9.84 Å². The van der Waals surface area contributed by atoms with E-state index in [-0.39, 0.29) is 10.9 Å². The van der Waals surface area contributed by atoms with Crippen molar-refractivity contribution in [3.63, 3.8) is 0 Å². The molecule has 0 saturated carbocycles. The summed E-state index contributed by atoms with van der Waals surface area (Å²) in [5.41, 5.74) is 6.36. The minimum atomic E-state index is -3.22. The summed E-state index contributed by atoms with van der Waals surface area (Å²) in [4.78, 5) is 0.206. The molecule has 3 nitrogen and oxygen atoms in total. The Morgan fingerprint density at radius 3 is 2.36 bits per heavy atom. The van der Waals surface area contributed by atoms with E-state index in [1.54, 1.807) is 19.1 Å². The molecule has 0 fully saturated rings. The van der Waals surface area contributed by atoms with Crippen molar-refractivity contribution in [3.05, 3.63) is 28.8 Å². The summed E-state index contributed by atoms with van der Waals surface area (Å²) >= 11 is 5.78. The number of nitrogens with two attached hydrogens (primary N) is 1. The third-order valence-electron chi connectivity index (χ3n) is 1.85. The first-order chi connectivity index (χ1) is 6.30. The van der Waals surface area contributed by atoms with Gasteiger partial charge in [0.15, 0.2) is 9.84 Å². The SMILES string of the molecule is CC(N)c1cc(Cl)cc(S(C)(=O)=O)c1. The Morgan fingerprint density at radius 2 is 1.93 bits per heavy atom.